The van der Waals surface area contributed by atoms with Gasteiger partial charge in [-0.15, -0.1) is 0 Å². The van der Waals surface area contributed by atoms with Gasteiger partial charge in [-0.2, -0.15) is 4.37 Å². The van der Waals surface area contributed by atoms with Crippen molar-refractivity contribution in [1.82, 2.24) is 4.37 Å². The molecule has 1 N–H and O–H groups in total. The van der Waals surface area contributed by atoms with Crippen molar-refractivity contribution in [2.24, 2.45) is 11.8 Å². The van der Waals surface area contributed by atoms with Crippen LogP contribution in [0.3, 0.4) is 0 Å². The van der Waals surface area contributed by atoms with E-state index < -0.39 is 0 Å². The third kappa shape index (κ3) is 3.05. The number of nitrogens with zero attached hydrogens (tertiary/aromatic N) is 1. The van der Waals surface area contributed by atoms with Gasteiger partial charge in [0.05, 0.1) is 17.7 Å². The first-order chi connectivity index (χ1) is 10.7. The number of amides is 1. The number of hydrogen-bond donors (Lipinski definition) is 1. The molecule has 0 spiro atoms. The normalized spacial score (nSPS) is 21.2. The zero-order valence-corrected chi connectivity index (χ0v) is 13.6. The van der Waals surface area contributed by atoms with Crippen molar-refractivity contribution in [3.63, 3.8) is 0 Å². The van der Waals surface area contributed by atoms with Crippen molar-refractivity contribution in [3.8, 4) is 11.3 Å². The van der Waals surface area contributed by atoms with Crippen LogP contribution in [0.25, 0.3) is 11.3 Å². The van der Waals surface area contributed by atoms with Gasteiger partial charge < -0.3 is 10.1 Å². The van der Waals surface area contributed by atoms with Gasteiger partial charge in [-0.1, -0.05) is 44.2 Å². The van der Waals surface area contributed by atoms with Crippen molar-refractivity contribution in [2.45, 2.75) is 26.4 Å². The van der Waals surface area contributed by atoms with Gasteiger partial charge in [0.1, 0.15) is 5.69 Å². The average Bonchev–Trinajstić information content (AvgIpc) is 3.17. The second-order valence-corrected chi connectivity index (χ2v) is 6.54. The zero-order chi connectivity index (χ0) is 15.5. The molecule has 1 amide bonds. The van der Waals surface area contributed by atoms with E-state index in [0.29, 0.717) is 12.5 Å². The lowest BCUT2D eigenvalue weighted by atomic mass is 9.92. The predicted molar refractivity (Wildman–Crippen MR) is 88.9 cm³/mol. The second-order valence-electron chi connectivity index (χ2n) is 5.91. The highest BCUT2D eigenvalue weighted by Crippen LogP contribution is 2.31. The molecule has 2 unspecified atom stereocenters. The number of nitrogens with one attached hydrogen (secondary N) is 1. The molecule has 1 saturated heterocycles. The van der Waals surface area contributed by atoms with Crippen LogP contribution in [0.1, 0.15) is 20.3 Å². The Labute approximate surface area is 134 Å². The van der Waals surface area contributed by atoms with E-state index in [1.165, 1.54) is 11.5 Å². The van der Waals surface area contributed by atoms with E-state index in [1.807, 2.05) is 35.7 Å². The van der Waals surface area contributed by atoms with Gasteiger partial charge in [0, 0.05) is 17.6 Å². The summed E-state index contributed by atoms with van der Waals surface area (Å²) in [6.45, 7) is 4.85. The fourth-order valence-electron chi connectivity index (χ4n) is 2.90. The first-order valence-electron chi connectivity index (χ1n) is 7.59. The van der Waals surface area contributed by atoms with Gasteiger partial charge in [-0.25, -0.2) is 0 Å². The topological polar surface area (TPSA) is 51.2 Å². The van der Waals surface area contributed by atoms with Crippen LogP contribution in [-0.4, -0.2) is 23.0 Å². The number of benzene rings is 1. The Kier molecular flexibility index (Phi) is 4.55. The summed E-state index contributed by atoms with van der Waals surface area (Å²) in [5, 5.41) is 4.93. The van der Waals surface area contributed by atoms with Crippen LogP contribution in [0.2, 0.25) is 0 Å². The highest BCUT2D eigenvalue weighted by atomic mass is 32.1. The molecule has 3 rings (SSSR count). The Hall–Kier alpha value is -1.72. The Balaban J connectivity index is 1.77. The first-order valence-corrected chi connectivity index (χ1v) is 8.42. The monoisotopic (exact) mass is 316 g/mol. The number of carbonyl (C=O) groups excluding carboxylic acids is 1. The van der Waals surface area contributed by atoms with Gasteiger partial charge in [0.25, 0.3) is 0 Å². The second kappa shape index (κ2) is 6.58. The number of carbonyl (C=O) groups is 1. The fourth-order valence-corrected chi connectivity index (χ4v) is 3.54. The van der Waals surface area contributed by atoms with Crippen molar-refractivity contribution >= 4 is 23.1 Å². The van der Waals surface area contributed by atoms with Crippen LogP contribution in [0.4, 0.5) is 5.69 Å². The summed E-state index contributed by atoms with van der Waals surface area (Å²) in [6.07, 6.45) is 0.791. The van der Waals surface area contributed by atoms with Gasteiger partial charge in [0.2, 0.25) is 5.91 Å². The molecule has 0 aliphatic carbocycles. The molecule has 2 atom stereocenters. The van der Waals surface area contributed by atoms with E-state index in [-0.39, 0.29) is 17.9 Å². The number of aromatic nitrogens is 1. The molecule has 2 heterocycles. The smallest absolute Gasteiger partial charge is 0.230 e. The summed E-state index contributed by atoms with van der Waals surface area (Å²) in [4.78, 5) is 12.6. The molecule has 116 valence electrons. The summed E-state index contributed by atoms with van der Waals surface area (Å²) in [6, 6.07) is 9.91. The SMILES string of the molecule is CC(C)C1OCCC1C(=O)Nc1csnc1-c1ccccc1. The lowest BCUT2D eigenvalue weighted by Crippen LogP contribution is -2.32. The molecular weight excluding hydrogens is 296 g/mol. The lowest BCUT2D eigenvalue weighted by Gasteiger charge is -2.21. The number of ether oxygens (including phenoxy) is 1. The average molecular weight is 316 g/mol. The minimum absolute atomic E-state index is 0.00627. The molecular formula is C17H20N2O2S. The Bertz CT molecular complexity index is 639. The molecule has 1 aromatic heterocycles. The third-order valence-electron chi connectivity index (χ3n) is 4.00. The number of hydrogen-bond acceptors (Lipinski definition) is 4. The fraction of sp³-hybridized carbons (Fsp3) is 0.412. The molecule has 1 aliphatic rings. The quantitative estimate of drug-likeness (QED) is 0.933. The Morgan fingerprint density at radius 3 is 2.86 bits per heavy atom. The van der Waals surface area contributed by atoms with E-state index in [9.17, 15) is 4.79 Å². The highest BCUT2D eigenvalue weighted by molar-refractivity contribution is 7.04. The number of rotatable bonds is 4. The molecule has 1 fully saturated rings. The minimum Gasteiger partial charge on any atom is -0.377 e. The summed E-state index contributed by atoms with van der Waals surface area (Å²) < 4.78 is 10.1. The van der Waals surface area contributed by atoms with E-state index in [0.717, 1.165) is 23.4 Å². The molecule has 4 nitrogen and oxygen atoms in total. The summed E-state index contributed by atoms with van der Waals surface area (Å²) in [5.74, 6) is 0.296. The first kappa shape index (κ1) is 15.2. The summed E-state index contributed by atoms with van der Waals surface area (Å²) >= 11 is 1.36. The van der Waals surface area contributed by atoms with E-state index in [2.05, 4.69) is 23.5 Å². The van der Waals surface area contributed by atoms with Crippen LogP contribution < -0.4 is 5.32 Å². The summed E-state index contributed by atoms with van der Waals surface area (Å²) in [5.41, 5.74) is 2.64. The number of anilines is 1. The molecule has 1 aliphatic heterocycles. The lowest BCUT2D eigenvalue weighted by molar-refractivity contribution is -0.122. The maximum absolute atomic E-state index is 12.6. The molecule has 5 heteroatoms. The van der Waals surface area contributed by atoms with Gasteiger partial charge >= 0.3 is 0 Å². The van der Waals surface area contributed by atoms with Crippen LogP contribution in [0.15, 0.2) is 35.7 Å². The molecule has 0 radical (unpaired) electrons. The van der Waals surface area contributed by atoms with Crippen molar-refractivity contribution in [1.29, 1.82) is 0 Å². The van der Waals surface area contributed by atoms with Crippen LogP contribution in [0, 0.1) is 11.8 Å². The molecule has 1 aromatic carbocycles. The van der Waals surface area contributed by atoms with Gasteiger partial charge in [0.15, 0.2) is 0 Å². The van der Waals surface area contributed by atoms with E-state index >= 15 is 0 Å². The van der Waals surface area contributed by atoms with E-state index in [4.69, 9.17) is 4.74 Å². The standard InChI is InChI=1S/C17H20N2O2S/c1-11(2)16-13(8-9-21-16)17(20)18-14-10-22-19-15(14)12-6-4-3-5-7-12/h3-7,10-11,13,16H,8-9H2,1-2H3,(H,18,20). The van der Waals surface area contributed by atoms with Gasteiger partial charge in [-0.05, 0) is 23.9 Å². The Morgan fingerprint density at radius 1 is 1.36 bits per heavy atom. The minimum atomic E-state index is -0.0801. The van der Waals surface area contributed by atoms with Gasteiger partial charge in [-0.3, -0.25) is 4.79 Å². The zero-order valence-electron chi connectivity index (χ0n) is 12.8. The van der Waals surface area contributed by atoms with Crippen molar-refractivity contribution < 1.29 is 9.53 Å². The molecule has 2 aromatic rings. The van der Waals surface area contributed by atoms with Crippen LogP contribution in [-0.2, 0) is 9.53 Å². The molecule has 0 saturated carbocycles. The highest BCUT2D eigenvalue weighted by Gasteiger charge is 2.36. The van der Waals surface area contributed by atoms with Crippen molar-refractivity contribution in [2.75, 3.05) is 11.9 Å². The summed E-state index contributed by atoms with van der Waals surface area (Å²) in [7, 11) is 0. The van der Waals surface area contributed by atoms with Crippen molar-refractivity contribution in [3.05, 3.63) is 35.7 Å². The largest absolute Gasteiger partial charge is 0.377 e. The molecule has 22 heavy (non-hydrogen) atoms. The van der Waals surface area contributed by atoms with Crippen LogP contribution >= 0.6 is 11.5 Å². The van der Waals surface area contributed by atoms with Crippen LogP contribution in [0.5, 0.6) is 0 Å². The third-order valence-corrected chi connectivity index (χ3v) is 4.63. The maximum Gasteiger partial charge on any atom is 0.230 e. The van der Waals surface area contributed by atoms with E-state index in [1.54, 1.807) is 0 Å². The molecule has 0 bridgehead atoms. The predicted octanol–water partition coefficient (Wildman–Crippen LogP) is 3.81. The maximum atomic E-state index is 12.6. The Morgan fingerprint density at radius 2 is 2.14 bits per heavy atom.